The van der Waals surface area contributed by atoms with Crippen LogP contribution >= 0.6 is 0 Å². The molecule has 1 saturated heterocycles. The maximum atomic E-state index is 14.9. The van der Waals surface area contributed by atoms with E-state index in [2.05, 4.69) is 11.1 Å². The Kier molecular flexibility index (Phi) is 4.75. The Morgan fingerprint density at radius 2 is 2.10 bits per heavy atom. The smallest absolute Gasteiger partial charge is 0.410 e. The molecule has 2 fully saturated rings. The Morgan fingerprint density at radius 3 is 2.80 bits per heavy atom. The Balaban J connectivity index is 1.58. The molecule has 4 rings (SSSR count). The van der Waals surface area contributed by atoms with E-state index in [1.807, 2.05) is 20.8 Å². The Bertz CT molecular complexity index is 1020. The molecule has 1 aliphatic carbocycles. The first kappa shape index (κ1) is 20.6. The maximum absolute atomic E-state index is 14.9. The number of hydrogen-bond donors (Lipinski definition) is 0. The number of rotatable bonds is 3. The minimum absolute atomic E-state index is 0.0525. The summed E-state index contributed by atoms with van der Waals surface area (Å²) in [6.45, 7) is 7.02. The largest absolute Gasteiger partial charge is 0.441 e. The minimum Gasteiger partial charge on any atom is -0.441 e. The zero-order valence-electron chi connectivity index (χ0n) is 17.5. The van der Waals surface area contributed by atoms with Crippen LogP contribution in [0.2, 0.25) is 0 Å². The first-order valence-corrected chi connectivity index (χ1v) is 10.2. The molecule has 1 aromatic carbocycles. The zero-order valence-corrected chi connectivity index (χ0v) is 17.5. The number of carbonyl (C=O) groups excluding carboxylic acids is 1. The van der Waals surface area contributed by atoms with Gasteiger partial charge in [-0.2, -0.15) is 5.26 Å². The maximum Gasteiger partial charge on any atom is 0.410 e. The second kappa shape index (κ2) is 6.93. The Hall–Kier alpha value is -2.69. The van der Waals surface area contributed by atoms with E-state index < -0.39 is 23.5 Å². The number of imidazole rings is 1. The van der Waals surface area contributed by atoms with Crippen molar-refractivity contribution in [3.8, 4) is 6.07 Å². The summed E-state index contributed by atoms with van der Waals surface area (Å²) in [5.41, 5.74) is 0.798. The van der Waals surface area contributed by atoms with Gasteiger partial charge in [0.2, 0.25) is 0 Å². The van der Waals surface area contributed by atoms with Gasteiger partial charge in [0.1, 0.15) is 5.60 Å². The topological polar surface area (TPSA) is 71.2 Å². The average Bonchev–Trinajstić information content (AvgIpc) is 3.18. The van der Waals surface area contributed by atoms with Crippen LogP contribution < -0.4 is 0 Å². The van der Waals surface area contributed by atoms with E-state index >= 15 is 0 Å². The molecule has 30 heavy (non-hydrogen) atoms. The predicted molar refractivity (Wildman–Crippen MR) is 107 cm³/mol. The van der Waals surface area contributed by atoms with E-state index in [-0.39, 0.29) is 31.2 Å². The predicted octanol–water partition coefficient (Wildman–Crippen LogP) is 4.58. The highest BCUT2D eigenvalue weighted by molar-refractivity contribution is 5.77. The van der Waals surface area contributed by atoms with Crippen LogP contribution in [-0.4, -0.2) is 45.2 Å². The summed E-state index contributed by atoms with van der Waals surface area (Å²) in [5.74, 6) is -3.85. The van der Waals surface area contributed by atoms with E-state index in [0.29, 0.717) is 29.7 Å². The number of benzene rings is 1. The summed E-state index contributed by atoms with van der Waals surface area (Å²) < 4.78 is 37.1. The summed E-state index contributed by atoms with van der Waals surface area (Å²) in [6, 6.07) is 7.11. The molecule has 2 aliphatic rings. The number of halogens is 2. The van der Waals surface area contributed by atoms with Crippen molar-refractivity contribution in [1.82, 2.24) is 14.5 Å². The van der Waals surface area contributed by atoms with Gasteiger partial charge in [-0.15, -0.1) is 0 Å². The zero-order chi connectivity index (χ0) is 21.7. The highest BCUT2D eigenvalue weighted by atomic mass is 19.3. The molecule has 160 valence electrons. The van der Waals surface area contributed by atoms with Crippen LogP contribution in [0.1, 0.15) is 45.6 Å². The average molecular weight is 416 g/mol. The number of aromatic nitrogens is 2. The van der Waals surface area contributed by atoms with Gasteiger partial charge in [-0.05, 0) is 36.5 Å². The van der Waals surface area contributed by atoms with Gasteiger partial charge in [-0.25, -0.2) is 18.6 Å². The van der Waals surface area contributed by atoms with E-state index in [9.17, 15) is 13.6 Å². The lowest BCUT2D eigenvalue weighted by Gasteiger charge is -2.41. The Morgan fingerprint density at radius 1 is 1.33 bits per heavy atom. The normalized spacial score (nSPS) is 26.2. The second-order valence-electron chi connectivity index (χ2n) is 9.84. The molecule has 0 bridgehead atoms. The summed E-state index contributed by atoms with van der Waals surface area (Å²) in [4.78, 5) is 18.3. The van der Waals surface area contributed by atoms with Gasteiger partial charge in [0.05, 0.1) is 35.5 Å². The minimum atomic E-state index is -2.86. The lowest BCUT2D eigenvalue weighted by Crippen LogP contribution is -2.49. The van der Waals surface area contributed by atoms with Crippen molar-refractivity contribution in [2.24, 2.45) is 11.3 Å². The third-order valence-electron chi connectivity index (χ3n) is 6.00. The quantitative estimate of drug-likeness (QED) is 0.734. The van der Waals surface area contributed by atoms with Crippen LogP contribution in [0.15, 0.2) is 24.5 Å². The van der Waals surface area contributed by atoms with Crippen LogP contribution in [0.25, 0.3) is 11.0 Å². The van der Waals surface area contributed by atoms with Crippen molar-refractivity contribution in [3.05, 3.63) is 30.1 Å². The number of amides is 1. The number of hydrogen-bond acceptors (Lipinski definition) is 4. The monoisotopic (exact) mass is 416 g/mol. The van der Waals surface area contributed by atoms with Gasteiger partial charge < -0.3 is 14.2 Å². The van der Waals surface area contributed by atoms with E-state index in [0.717, 1.165) is 0 Å². The fourth-order valence-electron chi connectivity index (χ4n) is 4.63. The van der Waals surface area contributed by atoms with Gasteiger partial charge in [0, 0.05) is 25.4 Å². The molecule has 1 amide bonds. The molecular formula is C22H26F2N4O2. The number of fused-ring (bicyclic) bond motifs is 1. The lowest BCUT2D eigenvalue weighted by atomic mass is 9.75. The number of nitrogens with zero attached hydrogens (tertiary/aromatic N) is 4. The summed E-state index contributed by atoms with van der Waals surface area (Å²) in [7, 11) is 0. The molecule has 0 radical (unpaired) electrons. The molecule has 8 heteroatoms. The van der Waals surface area contributed by atoms with Gasteiger partial charge in [-0.3, -0.25) is 0 Å². The standard InChI is InChI=1S/C22H26F2N4O2/c1-20(2,3)12-28-13-21(30-19(28)29)6-7-22(23,24)16(9-21)11-27-14-26-17-5-4-15(10-25)8-18(17)27/h4-5,8,14,16H,6-7,9,11-13H2,1-3H3/t16-,21-/m1/s1. The number of ether oxygens (including phenoxy) is 1. The lowest BCUT2D eigenvalue weighted by molar-refractivity contribution is -0.140. The number of nitriles is 1. The molecule has 1 saturated carbocycles. The van der Waals surface area contributed by atoms with E-state index in [1.165, 1.54) is 6.33 Å². The SMILES string of the molecule is CC(C)(C)CN1C[C@]2(CCC(F)(F)[C@@H](Cn3cnc4ccc(C#N)cc43)C2)OC1=O. The van der Waals surface area contributed by atoms with Gasteiger partial charge >= 0.3 is 6.09 Å². The second-order valence-corrected chi connectivity index (χ2v) is 9.84. The van der Waals surface area contributed by atoms with E-state index in [4.69, 9.17) is 10.00 Å². The highest BCUT2D eigenvalue weighted by Gasteiger charge is 2.56. The van der Waals surface area contributed by atoms with Gasteiger partial charge in [0.25, 0.3) is 5.92 Å². The molecule has 2 heterocycles. The first-order chi connectivity index (χ1) is 14.0. The van der Waals surface area contributed by atoms with Crippen LogP contribution in [0.3, 0.4) is 0 Å². The fraction of sp³-hybridized carbons (Fsp3) is 0.591. The Labute approximate surface area is 174 Å². The van der Waals surface area contributed by atoms with Crippen molar-refractivity contribution in [3.63, 3.8) is 0 Å². The molecule has 0 unspecified atom stereocenters. The third kappa shape index (κ3) is 3.85. The van der Waals surface area contributed by atoms with Gasteiger partial charge in [0.15, 0.2) is 0 Å². The summed E-state index contributed by atoms with van der Waals surface area (Å²) in [6.07, 6.45) is 1.07. The summed E-state index contributed by atoms with van der Waals surface area (Å²) in [5, 5.41) is 9.15. The highest BCUT2D eigenvalue weighted by Crippen LogP contribution is 2.48. The van der Waals surface area contributed by atoms with Gasteiger partial charge in [-0.1, -0.05) is 20.8 Å². The molecule has 2 aromatic rings. The molecule has 1 aliphatic heterocycles. The van der Waals surface area contributed by atoms with Crippen molar-refractivity contribution in [1.29, 1.82) is 5.26 Å². The molecule has 6 nitrogen and oxygen atoms in total. The molecule has 2 atom stereocenters. The van der Waals surface area contributed by atoms with Crippen LogP contribution in [0.4, 0.5) is 13.6 Å². The number of alkyl halides is 2. The first-order valence-electron chi connectivity index (χ1n) is 10.2. The molecular weight excluding hydrogens is 390 g/mol. The van der Waals surface area contributed by atoms with Crippen LogP contribution in [0, 0.1) is 22.7 Å². The molecule has 1 spiro atoms. The third-order valence-corrected chi connectivity index (χ3v) is 6.00. The van der Waals surface area contributed by atoms with Crippen molar-refractivity contribution >= 4 is 17.1 Å². The van der Waals surface area contributed by atoms with Crippen LogP contribution in [-0.2, 0) is 11.3 Å². The van der Waals surface area contributed by atoms with Crippen molar-refractivity contribution in [2.75, 3.05) is 13.1 Å². The molecule has 1 aromatic heterocycles. The van der Waals surface area contributed by atoms with E-state index in [1.54, 1.807) is 27.7 Å². The van der Waals surface area contributed by atoms with Crippen molar-refractivity contribution in [2.45, 2.75) is 58.1 Å². The van der Waals surface area contributed by atoms with Crippen LogP contribution in [0.5, 0.6) is 0 Å². The fourth-order valence-corrected chi connectivity index (χ4v) is 4.63. The summed E-state index contributed by atoms with van der Waals surface area (Å²) >= 11 is 0. The van der Waals surface area contributed by atoms with Crippen molar-refractivity contribution < 1.29 is 18.3 Å². The number of carbonyl (C=O) groups is 1. The molecule has 0 N–H and O–H groups in total.